The fraction of sp³-hybridized carbons (Fsp3) is 0.364. The van der Waals surface area contributed by atoms with Crippen molar-refractivity contribution in [2.75, 3.05) is 38.2 Å². The molecule has 6 nitrogen and oxygen atoms in total. The van der Waals surface area contributed by atoms with Gasteiger partial charge in [-0.3, -0.25) is 14.5 Å². The third-order valence-electron chi connectivity index (χ3n) is 5.28. The predicted octanol–water partition coefficient (Wildman–Crippen LogP) is 3.75. The van der Waals surface area contributed by atoms with Crippen molar-refractivity contribution >= 4 is 33.3 Å². The van der Waals surface area contributed by atoms with Crippen molar-refractivity contribution in [1.29, 1.82) is 0 Å². The van der Waals surface area contributed by atoms with E-state index < -0.39 is 0 Å². The van der Waals surface area contributed by atoms with Crippen LogP contribution in [0.1, 0.15) is 23.2 Å². The second kappa shape index (κ2) is 8.97. The summed E-state index contributed by atoms with van der Waals surface area (Å²) in [6.07, 6.45) is 1.50. The minimum atomic E-state index is -0.0380. The number of nitrogens with zero attached hydrogens (tertiary/aromatic N) is 1. The van der Waals surface area contributed by atoms with Gasteiger partial charge in [-0.15, -0.1) is 0 Å². The Bertz CT molecular complexity index is 892. The molecule has 0 radical (unpaired) electrons. The molecule has 0 spiro atoms. The molecule has 2 aliphatic rings. The van der Waals surface area contributed by atoms with Gasteiger partial charge in [0.05, 0.1) is 6.54 Å². The summed E-state index contributed by atoms with van der Waals surface area (Å²) in [4.78, 5) is 27.3. The van der Waals surface area contributed by atoms with Gasteiger partial charge in [-0.1, -0.05) is 15.9 Å². The van der Waals surface area contributed by atoms with Crippen LogP contribution in [-0.4, -0.2) is 49.4 Å². The van der Waals surface area contributed by atoms with E-state index in [9.17, 15) is 9.59 Å². The molecule has 7 heteroatoms. The maximum absolute atomic E-state index is 12.9. The molecule has 2 aromatic carbocycles. The van der Waals surface area contributed by atoms with Gasteiger partial charge in [-0.05, 0) is 68.4 Å². The number of amides is 1. The zero-order valence-corrected chi connectivity index (χ0v) is 17.6. The molecule has 1 amide bonds. The SMILES string of the molecule is O=C(CN1CCC(C(=O)c2ccc3c(c2)OCCO3)CC1)Nc1ccc(Br)cc1. The van der Waals surface area contributed by atoms with Crippen LogP contribution in [-0.2, 0) is 4.79 Å². The van der Waals surface area contributed by atoms with Crippen molar-refractivity contribution < 1.29 is 19.1 Å². The van der Waals surface area contributed by atoms with E-state index in [0.717, 1.165) is 36.1 Å². The molecule has 0 unspecified atom stereocenters. The highest BCUT2D eigenvalue weighted by atomic mass is 79.9. The standard InChI is InChI=1S/C22H23BrN2O4/c23-17-2-4-18(5-3-17)24-21(26)14-25-9-7-15(8-10-25)22(27)16-1-6-19-20(13-16)29-12-11-28-19/h1-6,13,15H,7-12,14H2,(H,24,26). The van der Waals surface area contributed by atoms with Crippen molar-refractivity contribution in [3.63, 3.8) is 0 Å². The molecule has 4 rings (SSSR count). The first-order valence-electron chi connectivity index (χ1n) is 9.80. The lowest BCUT2D eigenvalue weighted by Crippen LogP contribution is -2.40. The number of ether oxygens (including phenoxy) is 2. The van der Waals surface area contributed by atoms with Crippen molar-refractivity contribution in [1.82, 2.24) is 4.90 Å². The number of carbonyl (C=O) groups is 2. The maximum atomic E-state index is 12.9. The topological polar surface area (TPSA) is 67.9 Å². The molecule has 0 atom stereocenters. The number of nitrogens with one attached hydrogen (secondary N) is 1. The molecule has 0 aromatic heterocycles. The number of likely N-dealkylation sites (tertiary alicyclic amines) is 1. The average Bonchev–Trinajstić information content (AvgIpc) is 2.75. The fourth-order valence-electron chi connectivity index (χ4n) is 3.72. The number of carbonyl (C=O) groups excluding carboxylic acids is 2. The second-order valence-electron chi connectivity index (χ2n) is 7.33. The molecular weight excluding hydrogens is 436 g/mol. The minimum Gasteiger partial charge on any atom is -0.486 e. The van der Waals surface area contributed by atoms with Gasteiger partial charge in [0.15, 0.2) is 17.3 Å². The van der Waals surface area contributed by atoms with Crippen LogP contribution in [0.5, 0.6) is 11.5 Å². The lowest BCUT2D eigenvalue weighted by atomic mass is 9.88. The van der Waals surface area contributed by atoms with Crippen LogP contribution in [0, 0.1) is 5.92 Å². The Kier molecular flexibility index (Phi) is 6.16. The number of Topliss-reactive ketones (excluding diaryl/α,β-unsaturated/α-hetero) is 1. The Balaban J connectivity index is 1.28. The first-order chi connectivity index (χ1) is 14.1. The highest BCUT2D eigenvalue weighted by Crippen LogP contribution is 2.32. The Morgan fingerprint density at radius 2 is 1.69 bits per heavy atom. The van der Waals surface area contributed by atoms with Gasteiger partial charge in [0.25, 0.3) is 0 Å². The second-order valence-corrected chi connectivity index (χ2v) is 8.24. The number of rotatable bonds is 5. The molecule has 152 valence electrons. The third kappa shape index (κ3) is 4.97. The van der Waals surface area contributed by atoms with Gasteiger partial charge in [0.1, 0.15) is 13.2 Å². The lowest BCUT2D eigenvalue weighted by Gasteiger charge is -2.30. The number of anilines is 1. The lowest BCUT2D eigenvalue weighted by molar-refractivity contribution is -0.117. The average molecular weight is 459 g/mol. The van der Waals surface area contributed by atoms with E-state index in [2.05, 4.69) is 26.1 Å². The van der Waals surface area contributed by atoms with Crippen LogP contribution in [0.25, 0.3) is 0 Å². The molecule has 2 aromatic rings. The van der Waals surface area contributed by atoms with Gasteiger partial charge in [-0.25, -0.2) is 0 Å². The van der Waals surface area contributed by atoms with E-state index in [4.69, 9.17) is 9.47 Å². The largest absolute Gasteiger partial charge is 0.486 e. The van der Waals surface area contributed by atoms with Crippen LogP contribution < -0.4 is 14.8 Å². The summed E-state index contributed by atoms with van der Waals surface area (Å²) < 4.78 is 12.1. The summed E-state index contributed by atoms with van der Waals surface area (Å²) in [5, 5.41) is 2.91. The predicted molar refractivity (Wildman–Crippen MR) is 114 cm³/mol. The van der Waals surface area contributed by atoms with Crippen LogP contribution in [0.3, 0.4) is 0 Å². The van der Waals surface area contributed by atoms with Crippen LogP contribution >= 0.6 is 15.9 Å². The summed E-state index contributed by atoms with van der Waals surface area (Å²) in [5.74, 6) is 1.41. The van der Waals surface area contributed by atoms with E-state index in [-0.39, 0.29) is 17.6 Å². The van der Waals surface area contributed by atoms with Gasteiger partial charge in [0.2, 0.25) is 5.91 Å². The van der Waals surface area contributed by atoms with Gasteiger partial charge in [-0.2, -0.15) is 0 Å². The normalized spacial score (nSPS) is 17.0. The molecule has 2 heterocycles. The van der Waals surface area contributed by atoms with Gasteiger partial charge >= 0.3 is 0 Å². The molecule has 1 fully saturated rings. The van der Waals surface area contributed by atoms with E-state index in [0.29, 0.717) is 36.8 Å². The van der Waals surface area contributed by atoms with E-state index in [1.165, 1.54) is 0 Å². The molecular formula is C22H23BrN2O4. The highest BCUT2D eigenvalue weighted by molar-refractivity contribution is 9.10. The zero-order chi connectivity index (χ0) is 20.2. The fourth-order valence-corrected chi connectivity index (χ4v) is 3.99. The smallest absolute Gasteiger partial charge is 0.238 e. The number of fused-ring (bicyclic) bond motifs is 1. The minimum absolute atomic E-state index is 0.0247. The Labute approximate surface area is 178 Å². The van der Waals surface area contributed by atoms with Crippen molar-refractivity contribution in [3.05, 3.63) is 52.5 Å². The zero-order valence-electron chi connectivity index (χ0n) is 16.0. The van der Waals surface area contributed by atoms with Gasteiger partial charge < -0.3 is 14.8 Å². The monoisotopic (exact) mass is 458 g/mol. The van der Waals surface area contributed by atoms with Crippen LogP contribution in [0.4, 0.5) is 5.69 Å². The molecule has 0 bridgehead atoms. The number of ketones is 1. The molecule has 0 aliphatic carbocycles. The summed E-state index contributed by atoms with van der Waals surface area (Å²) in [6.45, 7) is 2.84. The third-order valence-corrected chi connectivity index (χ3v) is 5.81. The summed E-state index contributed by atoms with van der Waals surface area (Å²) in [7, 11) is 0. The first kappa shape index (κ1) is 19.9. The van der Waals surface area contributed by atoms with Crippen molar-refractivity contribution in [3.8, 4) is 11.5 Å². The number of benzene rings is 2. The molecule has 1 N–H and O–H groups in total. The van der Waals surface area contributed by atoms with Crippen molar-refractivity contribution in [2.45, 2.75) is 12.8 Å². The number of piperidine rings is 1. The number of hydrogen-bond acceptors (Lipinski definition) is 5. The molecule has 29 heavy (non-hydrogen) atoms. The molecule has 0 saturated carbocycles. The highest BCUT2D eigenvalue weighted by Gasteiger charge is 2.27. The quantitative estimate of drug-likeness (QED) is 0.690. The Morgan fingerprint density at radius 3 is 2.41 bits per heavy atom. The van der Waals surface area contributed by atoms with Gasteiger partial charge in [0, 0.05) is 21.6 Å². The summed E-state index contributed by atoms with van der Waals surface area (Å²) >= 11 is 3.38. The first-order valence-corrected chi connectivity index (χ1v) is 10.6. The van der Waals surface area contributed by atoms with E-state index >= 15 is 0 Å². The summed E-state index contributed by atoms with van der Waals surface area (Å²) in [5.41, 5.74) is 1.45. The van der Waals surface area contributed by atoms with Crippen molar-refractivity contribution in [2.24, 2.45) is 5.92 Å². The van der Waals surface area contributed by atoms with E-state index in [1.54, 1.807) is 6.07 Å². The number of hydrogen-bond donors (Lipinski definition) is 1. The maximum Gasteiger partial charge on any atom is 0.238 e. The van der Waals surface area contributed by atoms with E-state index in [1.807, 2.05) is 36.4 Å². The Morgan fingerprint density at radius 1 is 1.00 bits per heavy atom. The Hall–Kier alpha value is -2.38. The number of halogens is 1. The molecule has 1 saturated heterocycles. The summed E-state index contributed by atoms with van der Waals surface area (Å²) in [6, 6.07) is 12.9. The van der Waals surface area contributed by atoms with Crippen LogP contribution in [0.2, 0.25) is 0 Å². The van der Waals surface area contributed by atoms with Crippen LogP contribution in [0.15, 0.2) is 46.9 Å². The molecule has 2 aliphatic heterocycles.